The van der Waals surface area contributed by atoms with Crippen LogP contribution < -0.4 is 11.5 Å². The Labute approximate surface area is 77.2 Å². The molecule has 0 saturated heterocycles. The molecule has 0 bridgehead atoms. The lowest BCUT2D eigenvalue weighted by Gasteiger charge is -2.00. The van der Waals surface area contributed by atoms with Crippen molar-refractivity contribution in [2.75, 3.05) is 6.54 Å². The van der Waals surface area contributed by atoms with Crippen molar-refractivity contribution in [3.8, 4) is 0 Å². The summed E-state index contributed by atoms with van der Waals surface area (Å²) in [5.74, 6) is -0.828. The standard InChI is InChI=1S/C9H11NO2.H3N/c11-9(12)7-10-6-8-4-2-1-3-5-8;/h1-5,10H,6-7H2,(H,11,12);1H3. The zero-order valence-electron chi connectivity index (χ0n) is 7.36. The van der Waals surface area contributed by atoms with Crippen LogP contribution in [0.2, 0.25) is 0 Å². The van der Waals surface area contributed by atoms with E-state index in [0.717, 1.165) is 5.56 Å². The molecule has 4 nitrogen and oxygen atoms in total. The molecule has 4 heteroatoms. The van der Waals surface area contributed by atoms with E-state index < -0.39 is 5.97 Å². The van der Waals surface area contributed by atoms with Crippen LogP contribution >= 0.6 is 0 Å². The van der Waals surface area contributed by atoms with E-state index in [1.807, 2.05) is 30.3 Å². The highest BCUT2D eigenvalue weighted by atomic mass is 16.4. The van der Waals surface area contributed by atoms with Crippen molar-refractivity contribution in [3.63, 3.8) is 0 Å². The first kappa shape index (κ1) is 11.6. The molecule has 0 aliphatic carbocycles. The molecular weight excluding hydrogens is 168 g/mol. The molecular formula is C9H14N2O2. The molecule has 5 N–H and O–H groups in total. The predicted octanol–water partition coefficient (Wildman–Crippen LogP) is 1.02. The zero-order chi connectivity index (χ0) is 8.81. The Bertz CT molecular complexity index is 249. The summed E-state index contributed by atoms with van der Waals surface area (Å²) in [4.78, 5) is 10.1. The Hall–Kier alpha value is -1.39. The summed E-state index contributed by atoms with van der Waals surface area (Å²) in [6, 6.07) is 9.69. The van der Waals surface area contributed by atoms with Crippen molar-refractivity contribution in [1.29, 1.82) is 0 Å². The van der Waals surface area contributed by atoms with Gasteiger partial charge in [-0.15, -0.1) is 0 Å². The van der Waals surface area contributed by atoms with Crippen LogP contribution in [0, 0.1) is 0 Å². The van der Waals surface area contributed by atoms with E-state index in [0.29, 0.717) is 6.54 Å². The van der Waals surface area contributed by atoms with Crippen LogP contribution in [-0.2, 0) is 11.3 Å². The van der Waals surface area contributed by atoms with E-state index in [2.05, 4.69) is 5.32 Å². The maximum Gasteiger partial charge on any atom is 0.317 e. The summed E-state index contributed by atoms with van der Waals surface area (Å²) < 4.78 is 0. The first-order valence-corrected chi connectivity index (χ1v) is 3.75. The minimum absolute atomic E-state index is 0. The summed E-state index contributed by atoms with van der Waals surface area (Å²) in [7, 11) is 0. The molecule has 1 aromatic rings. The Morgan fingerprint density at radius 3 is 2.46 bits per heavy atom. The summed E-state index contributed by atoms with van der Waals surface area (Å²) in [6.07, 6.45) is 0. The van der Waals surface area contributed by atoms with Crippen LogP contribution in [0.3, 0.4) is 0 Å². The van der Waals surface area contributed by atoms with Gasteiger partial charge in [0.2, 0.25) is 0 Å². The zero-order valence-corrected chi connectivity index (χ0v) is 7.36. The molecule has 0 spiro atoms. The van der Waals surface area contributed by atoms with Gasteiger partial charge in [0.1, 0.15) is 0 Å². The largest absolute Gasteiger partial charge is 0.480 e. The lowest BCUT2D eigenvalue weighted by molar-refractivity contribution is -0.135. The second kappa shape index (κ2) is 6.16. The molecule has 0 aliphatic rings. The third kappa shape index (κ3) is 4.95. The summed E-state index contributed by atoms with van der Waals surface area (Å²) >= 11 is 0. The molecule has 0 aliphatic heterocycles. The quantitative estimate of drug-likeness (QED) is 0.649. The van der Waals surface area contributed by atoms with Gasteiger partial charge in [0.05, 0.1) is 6.54 Å². The maximum absolute atomic E-state index is 10.1. The molecule has 1 aromatic carbocycles. The number of benzene rings is 1. The van der Waals surface area contributed by atoms with E-state index in [-0.39, 0.29) is 12.7 Å². The average Bonchev–Trinajstić information content (AvgIpc) is 2.05. The number of nitrogens with one attached hydrogen (secondary N) is 1. The van der Waals surface area contributed by atoms with Gasteiger partial charge in [-0.05, 0) is 5.56 Å². The topological polar surface area (TPSA) is 84.3 Å². The lowest BCUT2D eigenvalue weighted by Crippen LogP contribution is -2.21. The molecule has 0 atom stereocenters. The predicted molar refractivity (Wildman–Crippen MR) is 50.8 cm³/mol. The van der Waals surface area contributed by atoms with Gasteiger partial charge in [-0.2, -0.15) is 0 Å². The van der Waals surface area contributed by atoms with Gasteiger partial charge >= 0.3 is 5.97 Å². The van der Waals surface area contributed by atoms with E-state index in [1.54, 1.807) is 0 Å². The molecule has 0 radical (unpaired) electrons. The van der Waals surface area contributed by atoms with Crippen LogP contribution in [-0.4, -0.2) is 17.6 Å². The van der Waals surface area contributed by atoms with Gasteiger partial charge in [0, 0.05) is 6.54 Å². The molecule has 0 fully saturated rings. The molecule has 72 valence electrons. The first-order valence-electron chi connectivity index (χ1n) is 3.75. The smallest absolute Gasteiger partial charge is 0.317 e. The number of carbonyl (C=O) groups is 1. The minimum atomic E-state index is -0.828. The van der Waals surface area contributed by atoms with Gasteiger partial charge in [-0.3, -0.25) is 4.79 Å². The van der Waals surface area contributed by atoms with Crippen molar-refractivity contribution in [2.24, 2.45) is 0 Å². The highest BCUT2D eigenvalue weighted by molar-refractivity contribution is 5.68. The maximum atomic E-state index is 10.1. The third-order valence-corrected chi connectivity index (χ3v) is 1.45. The summed E-state index contributed by atoms with van der Waals surface area (Å²) in [6.45, 7) is 0.613. The average molecular weight is 182 g/mol. The fourth-order valence-corrected chi connectivity index (χ4v) is 0.910. The minimum Gasteiger partial charge on any atom is -0.480 e. The number of aliphatic carboxylic acids is 1. The van der Waals surface area contributed by atoms with Crippen LogP contribution in [0.25, 0.3) is 0 Å². The van der Waals surface area contributed by atoms with Gasteiger partial charge in [-0.25, -0.2) is 0 Å². The van der Waals surface area contributed by atoms with Crippen LogP contribution in [0.1, 0.15) is 5.56 Å². The van der Waals surface area contributed by atoms with E-state index in [9.17, 15) is 4.79 Å². The third-order valence-electron chi connectivity index (χ3n) is 1.45. The summed E-state index contributed by atoms with van der Waals surface area (Å²) in [5.41, 5.74) is 1.10. The highest BCUT2D eigenvalue weighted by Crippen LogP contribution is 1.96. The first-order chi connectivity index (χ1) is 5.79. The number of carboxylic acid groups (broad SMARTS) is 1. The molecule has 13 heavy (non-hydrogen) atoms. The summed E-state index contributed by atoms with van der Waals surface area (Å²) in [5, 5.41) is 11.1. The van der Waals surface area contributed by atoms with Crippen molar-refractivity contribution in [3.05, 3.63) is 35.9 Å². The molecule has 1 rings (SSSR count). The molecule has 0 unspecified atom stereocenters. The van der Waals surface area contributed by atoms with Crippen LogP contribution in [0.5, 0.6) is 0 Å². The monoisotopic (exact) mass is 182 g/mol. The molecule has 0 aromatic heterocycles. The van der Waals surface area contributed by atoms with Crippen molar-refractivity contribution >= 4 is 5.97 Å². The molecule has 0 saturated carbocycles. The molecule has 0 heterocycles. The highest BCUT2D eigenvalue weighted by Gasteiger charge is 1.94. The second-order valence-electron chi connectivity index (χ2n) is 2.48. The van der Waals surface area contributed by atoms with Crippen LogP contribution in [0.15, 0.2) is 30.3 Å². The second-order valence-corrected chi connectivity index (χ2v) is 2.48. The van der Waals surface area contributed by atoms with Crippen molar-refractivity contribution < 1.29 is 9.90 Å². The molecule has 0 amide bonds. The number of carboxylic acids is 1. The van der Waals surface area contributed by atoms with Gasteiger partial charge < -0.3 is 16.6 Å². The Kier molecular flexibility index (Phi) is 5.50. The lowest BCUT2D eigenvalue weighted by atomic mass is 10.2. The Morgan fingerprint density at radius 1 is 1.31 bits per heavy atom. The number of hydrogen-bond donors (Lipinski definition) is 3. The van der Waals surface area contributed by atoms with E-state index >= 15 is 0 Å². The Balaban J connectivity index is 0.00000144. The number of hydrogen-bond acceptors (Lipinski definition) is 3. The van der Waals surface area contributed by atoms with E-state index in [1.165, 1.54) is 0 Å². The van der Waals surface area contributed by atoms with Gasteiger partial charge in [0.15, 0.2) is 0 Å². The van der Waals surface area contributed by atoms with Gasteiger partial charge in [-0.1, -0.05) is 30.3 Å². The van der Waals surface area contributed by atoms with Crippen molar-refractivity contribution in [1.82, 2.24) is 11.5 Å². The number of rotatable bonds is 4. The van der Waals surface area contributed by atoms with Crippen molar-refractivity contribution in [2.45, 2.75) is 6.54 Å². The Morgan fingerprint density at radius 2 is 1.92 bits per heavy atom. The fourth-order valence-electron chi connectivity index (χ4n) is 0.910. The van der Waals surface area contributed by atoms with Gasteiger partial charge in [0.25, 0.3) is 0 Å². The van der Waals surface area contributed by atoms with Crippen LogP contribution in [0.4, 0.5) is 0 Å². The SMILES string of the molecule is N.O=C(O)CNCc1ccccc1. The fraction of sp³-hybridized carbons (Fsp3) is 0.222. The van der Waals surface area contributed by atoms with E-state index in [4.69, 9.17) is 5.11 Å². The normalized spacial score (nSPS) is 8.92.